The van der Waals surface area contributed by atoms with Crippen LogP contribution in [0, 0.1) is 0 Å². The first kappa shape index (κ1) is 14.1. The molecule has 104 valence electrons. The highest BCUT2D eigenvalue weighted by Crippen LogP contribution is 2.15. The molecule has 2 aromatic rings. The molecule has 0 amide bonds. The smallest absolute Gasteiger partial charge is 0.120 e. The molecular weight excluding hydrogens is 278 g/mol. The number of aromatic nitrogens is 3. The van der Waals surface area contributed by atoms with Crippen LogP contribution in [0.15, 0.2) is 47.9 Å². The average molecular weight is 292 g/mol. The van der Waals surface area contributed by atoms with Crippen molar-refractivity contribution in [3.63, 3.8) is 0 Å². The Balaban J connectivity index is 2.26. The first-order valence-electron chi connectivity index (χ1n) is 5.89. The van der Waals surface area contributed by atoms with Crippen molar-refractivity contribution in [3.05, 3.63) is 53.0 Å². The third-order valence-electron chi connectivity index (χ3n) is 2.54. The summed E-state index contributed by atoms with van der Waals surface area (Å²) in [5.74, 6) is 0.576. The molecule has 0 bridgehead atoms. The molecule has 0 fully saturated rings. The molecule has 0 saturated carbocycles. The van der Waals surface area contributed by atoms with Crippen LogP contribution in [0.5, 0.6) is 0 Å². The fourth-order valence-corrected chi connectivity index (χ4v) is 1.71. The summed E-state index contributed by atoms with van der Waals surface area (Å²) < 4.78 is 5.17. The second kappa shape index (κ2) is 6.25. The van der Waals surface area contributed by atoms with Crippen LogP contribution in [0.25, 0.3) is 17.2 Å². The quantitative estimate of drug-likeness (QED) is 0.691. The number of hydrogen-bond donors (Lipinski definition) is 1. The number of ether oxygens (including phenoxy) is 1. The highest BCUT2D eigenvalue weighted by molar-refractivity contribution is 6.31. The van der Waals surface area contributed by atoms with Crippen LogP contribution in [-0.2, 0) is 4.74 Å². The van der Waals surface area contributed by atoms with Crippen LogP contribution < -0.4 is 0 Å². The van der Waals surface area contributed by atoms with Gasteiger partial charge in [0.05, 0.1) is 19.6 Å². The Kier molecular flexibility index (Phi) is 4.42. The number of rotatable bonds is 4. The van der Waals surface area contributed by atoms with E-state index in [1.807, 2.05) is 0 Å². The zero-order valence-corrected chi connectivity index (χ0v) is 11.9. The lowest BCUT2D eigenvalue weighted by atomic mass is 10.3. The van der Waals surface area contributed by atoms with Gasteiger partial charge in [0.25, 0.3) is 0 Å². The van der Waals surface area contributed by atoms with E-state index in [2.05, 4.69) is 10.2 Å². The number of allylic oxidation sites excluding steroid dienone is 3. The molecule has 1 aromatic carbocycles. The lowest BCUT2D eigenvalue weighted by Gasteiger charge is -1.99. The molecule has 0 radical (unpaired) electrons. The minimum atomic E-state index is 0.576. The number of aliphatic hydroxyl groups excluding tert-OH is 1. The topological polar surface area (TPSA) is 60.2 Å². The standard InChI is InChI=1S/C14H14ClN3O2/c1-10(9-19)7-12(20-2)5-6-18-16-13-4-3-11(15)8-14(13)17-18/h3-9,19H,1-2H3/b6-5+,10-9+,12-7+. The van der Waals surface area contributed by atoms with Gasteiger partial charge in [-0.05, 0) is 36.8 Å². The Morgan fingerprint density at radius 2 is 2.10 bits per heavy atom. The maximum Gasteiger partial charge on any atom is 0.120 e. The van der Waals surface area contributed by atoms with Crippen molar-refractivity contribution in [2.75, 3.05) is 7.11 Å². The molecule has 0 aliphatic heterocycles. The number of aliphatic hydroxyl groups is 1. The Morgan fingerprint density at radius 1 is 1.35 bits per heavy atom. The second-order valence-electron chi connectivity index (χ2n) is 4.09. The predicted molar refractivity (Wildman–Crippen MR) is 79.3 cm³/mol. The van der Waals surface area contributed by atoms with E-state index in [0.717, 1.165) is 17.3 Å². The van der Waals surface area contributed by atoms with Crippen molar-refractivity contribution >= 4 is 28.8 Å². The van der Waals surface area contributed by atoms with E-state index in [9.17, 15) is 0 Å². The SMILES string of the molecule is COC(/C=C/n1nc2ccc(Cl)cc2n1)=C/C(C)=C/O. The zero-order chi connectivity index (χ0) is 14.5. The van der Waals surface area contributed by atoms with Crippen molar-refractivity contribution in [1.82, 2.24) is 15.0 Å². The maximum atomic E-state index is 8.86. The number of nitrogens with zero attached hydrogens (tertiary/aromatic N) is 3. The van der Waals surface area contributed by atoms with Crippen molar-refractivity contribution < 1.29 is 9.84 Å². The lowest BCUT2D eigenvalue weighted by molar-refractivity contribution is 0.306. The second-order valence-corrected chi connectivity index (χ2v) is 4.53. The minimum absolute atomic E-state index is 0.576. The van der Waals surface area contributed by atoms with E-state index in [-0.39, 0.29) is 0 Å². The zero-order valence-electron chi connectivity index (χ0n) is 11.1. The van der Waals surface area contributed by atoms with Gasteiger partial charge in [0, 0.05) is 11.1 Å². The molecule has 6 heteroatoms. The van der Waals surface area contributed by atoms with Gasteiger partial charge in [0.2, 0.25) is 0 Å². The number of hydrogen-bond acceptors (Lipinski definition) is 4. The van der Waals surface area contributed by atoms with Gasteiger partial charge in [-0.3, -0.25) is 0 Å². The summed E-state index contributed by atoms with van der Waals surface area (Å²) in [6.45, 7) is 1.76. The summed E-state index contributed by atoms with van der Waals surface area (Å²) in [5.41, 5.74) is 2.15. The van der Waals surface area contributed by atoms with Crippen LogP contribution in [-0.4, -0.2) is 27.2 Å². The van der Waals surface area contributed by atoms with E-state index in [0.29, 0.717) is 16.4 Å². The molecule has 0 aliphatic carbocycles. The molecule has 0 aliphatic rings. The van der Waals surface area contributed by atoms with E-state index in [4.69, 9.17) is 21.4 Å². The fraction of sp³-hybridized carbons (Fsp3) is 0.143. The molecule has 0 spiro atoms. The van der Waals surface area contributed by atoms with Crippen LogP contribution in [0.4, 0.5) is 0 Å². The first-order chi connectivity index (χ1) is 9.62. The van der Waals surface area contributed by atoms with Gasteiger partial charge in [-0.2, -0.15) is 4.80 Å². The Morgan fingerprint density at radius 3 is 2.80 bits per heavy atom. The normalized spacial score (nSPS) is 13.3. The number of fused-ring (bicyclic) bond motifs is 1. The summed E-state index contributed by atoms with van der Waals surface area (Å²) in [5, 5.41) is 18.0. The molecule has 1 aromatic heterocycles. The van der Waals surface area contributed by atoms with Crippen LogP contribution in [0.1, 0.15) is 6.92 Å². The van der Waals surface area contributed by atoms with E-state index < -0.39 is 0 Å². The highest BCUT2D eigenvalue weighted by Gasteiger charge is 2.01. The molecule has 5 nitrogen and oxygen atoms in total. The largest absolute Gasteiger partial charge is 0.515 e. The van der Waals surface area contributed by atoms with Crippen molar-refractivity contribution in [1.29, 1.82) is 0 Å². The van der Waals surface area contributed by atoms with E-state index >= 15 is 0 Å². The van der Waals surface area contributed by atoms with Gasteiger partial charge in [-0.1, -0.05) is 11.6 Å². The summed E-state index contributed by atoms with van der Waals surface area (Å²) in [4.78, 5) is 1.44. The summed E-state index contributed by atoms with van der Waals surface area (Å²) in [6.07, 6.45) is 6.06. The lowest BCUT2D eigenvalue weighted by Crippen LogP contribution is -1.92. The first-order valence-corrected chi connectivity index (χ1v) is 6.27. The molecule has 20 heavy (non-hydrogen) atoms. The summed E-state index contributed by atoms with van der Waals surface area (Å²) in [7, 11) is 1.55. The maximum absolute atomic E-state index is 8.86. The van der Waals surface area contributed by atoms with Crippen LogP contribution >= 0.6 is 11.6 Å². The Labute approximate surface area is 121 Å². The number of benzene rings is 1. The fourth-order valence-electron chi connectivity index (χ4n) is 1.55. The summed E-state index contributed by atoms with van der Waals surface area (Å²) in [6, 6.07) is 5.32. The van der Waals surface area contributed by atoms with Crippen LogP contribution in [0.2, 0.25) is 5.02 Å². The molecule has 1 heterocycles. The molecule has 0 unspecified atom stereocenters. The Hall–Kier alpha value is -2.27. The van der Waals surface area contributed by atoms with Gasteiger partial charge < -0.3 is 9.84 Å². The number of methoxy groups -OCH3 is 1. The van der Waals surface area contributed by atoms with Gasteiger partial charge in [0.15, 0.2) is 0 Å². The molecule has 1 N–H and O–H groups in total. The van der Waals surface area contributed by atoms with Crippen molar-refractivity contribution in [3.8, 4) is 0 Å². The monoisotopic (exact) mass is 291 g/mol. The molecule has 0 saturated heterocycles. The highest BCUT2D eigenvalue weighted by atomic mass is 35.5. The van der Waals surface area contributed by atoms with E-state index in [1.165, 1.54) is 4.80 Å². The third-order valence-corrected chi connectivity index (χ3v) is 2.77. The third kappa shape index (κ3) is 3.39. The van der Waals surface area contributed by atoms with Gasteiger partial charge >= 0.3 is 0 Å². The molecule has 2 rings (SSSR count). The van der Waals surface area contributed by atoms with Gasteiger partial charge in [-0.15, -0.1) is 10.2 Å². The van der Waals surface area contributed by atoms with Crippen LogP contribution in [0.3, 0.4) is 0 Å². The molecular formula is C14H14ClN3O2. The predicted octanol–water partition coefficient (Wildman–Crippen LogP) is 3.55. The van der Waals surface area contributed by atoms with Crippen molar-refractivity contribution in [2.45, 2.75) is 6.92 Å². The molecule has 0 atom stereocenters. The van der Waals surface area contributed by atoms with Gasteiger partial charge in [-0.25, -0.2) is 0 Å². The van der Waals surface area contributed by atoms with E-state index in [1.54, 1.807) is 50.6 Å². The van der Waals surface area contributed by atoms with Gasteiger partial charge in [0.1, 0.15) is 16.8 Å². The Bertz CT molecular complexity index is 702. The average Bonchev–Trinajstić information content (AvgIpc) is 2.84. The minimum Gasteiger partial charge on any atom is -0.515 e. The number of halogens is 1. The summed E-state index contributed by atoms with van der Waals surface area (Å²) >= 11 is 5.90. The van der Waals surface area contributed by atoms with Crippen molar-refractivity contribution in [2.24, 2.45) is 0 Å².